The highest BCUT2D eigenvalue weighted by molar-refractivity contribution is 5.94. The quantitative estimate of drug-likeness (QED) is 0.718. The van der Waals surface area contributed by atoms with Gasteiger partial charge in [0.05, 0.1) is 6.42 Å². The minimum atomic E-state index is -0.444. The number of amides is 1. The van der Waals surface area contributed by atoms with E-state index in [2.05, 4.69) is 10.1 Å². The van der Waals surface area contributed by atoms with E-state index in [9.17, 15) is 9.18 Å². The fraction of sp³-hybridized carbons (Fsp3) is 0.158. The molecule has 0 aliphatic rings. The summed E-state index contributed by atoms with van der Waals surface area (Å²) >= 11 is 0. The number of benzene rings is 2. The van der Waals surface area contributed by atoms with Crippen LogP contribution in [0.1, 0.15) is 39.6 Å². The van der Waals surface area contributed by atoms with Crippen LogP contribution in [0, 0.1) is 12.2 Å². The summed E-state index contributed by atoms with van der Waals surface area (Å²) in [6.45, 7) is 0. The molecule has 1 radical (unpaired) electrons. The zero-order valence-corrected chi connectivity index (χ0v) is 13.5. The van der Waals surface area contributed by atoms with Crippen molar-refractivity contribution < 1.29 is 13.7 Å². The van der Waals surface area contributed by atoms with Crippen molar-refractivity contribution in [3.05, 3.63) is 89.2 Å². The number of primary amides is 1. The van der Waals surface area contributed by atoms with Gasteiger partial charge in [0.15, 0.2) is 5.82 Å². The minimum Gasteiger partial charge on any atom is -0.366 e. The summed E-state index contributed by atoms with van der Waals surface area (Å²) in [5, 5.41) is 3.87. The lowest BCUT2D eigenvalue weighted by atomic mass is 10.0. The van der Waals surface area contributed by atoms with Gasteiger partial charge in [-0.2, -0.15) is 4.98 Å². The third-order valence-corrected chi connectivity index (χ3v) is 3.81. The highest BCUT2D eigenvalue weighted by atomic mass is 19.1. The van der Waals surface area contributed by atoms with Crippen LogP contribution in [0.25, 0.3) is 0 Å². The van der Waals surface area contributed by atoms with Crippen molar-refractivity contribution in [2.24, 2.45) is 5.73 Å². The Morgan fingerprint density at radius 1 is 1.12 bits per heavy atom. The fourth-order valence-corrected chi connectivity index (χ4v) is 2.56. The molecule has 2 N–H and O–H groups in total. The van der Waals surface area contributed by atoms with E-state index in [0.717, 1.165) is 5.56 Å². The van der Waals surface area contributed by atoms with Crippen molar-refractivity contribution in [2.75, 3.05) is 0 Å². The van der Waals surface area contributed by atoms with Crippen LogP contribution in [0.5, 0.6) is 0 Å². The van der Waals surface area contributed by atoms with Crippen LogP contribution in [-0.2, 0) is 12.8 Å². The van der Waals surface area contributed by atoms with Crippen molar-refractivity contribution in [1.82, 2.24) is 10.1 Å². The second-order valence-electron chi connectivity index (χ2n) is 5.58. The molecule has 0 saturated heterocycles. The number of carbonyl (C=O) groups is 1. The summed E-state index contributed by atoms with van der Waals surface area (Å²) in [7, 11) is 0. The Bertz CT molecular complexity index is 876. The zero-order chi connectivity index (χ0) is 17.6. The molecule has 2 aromatic carbocycles. The standard InChI is InChI=1S/C19H17FN3O2/c20-16-10-4-2-7-14(16)12-17-22-18(25-23-17)11-5-8-13-6-1-3-9-15(13)19(21)24/h1-4,6-7,9-11H,5,8,12H2,(H2,21,24). The Morgan fingerprint density at radius 3 is 2.60 bits per heavy atom. The van der Waals surface area contributed by atoms with E-state index >= 15 is 0 Å². The summed E-state index contributed by atoms with van der Waals surface area (Å²) in [6, 6.07) is 13.7. The molecule has 0 atom stereocenters. The van der Waals surface area contributed by atoms with E-state index in [4.69, 9.17) is 10.3 Å². The van der Waals surface area contributed by atoms with Crippen LogP contribution in [0.3, 0.4) is 0 Å². The minimum absolute atomic E-state index is 0.272. The molecule has 1 amide bonds. The summed E-state index contributed by atoms with van der Waals surface area (Å²) in [5.41, 5.74) is 7.27. The molecule has 3 rings (SSSR count). The van der Waals surface area contributed by atoms with Gasteiger partial charge in [-0.3, -0.25) is 4.79 Å². The summed E-state index contributed by atoms with van der Waals surface area (Å²) in [6.07, 6.45) is 3.31. The third kappa shape index (κ3) is 4.29. The van der Waals surface area contributed by atoms with E-state index in [0.29, 0.717) is 35.7 Å². The van der Waals surface area contributed by atoms with Gasteiger partial charge in [-0.25, -0.2) is 4.39 Å². The van der Waals surface area contributed by atoms with E-state index in [1.165, 1.54) is 6.07 Å². The predicted molar refractivity (Wildman–Crippen MR) is 90.2 cm³/mol. The lowest BCUT2D eigenvalue weighted by Crippen LogP contribution is -2.13. The Morgan fingerprint density at radius 2 is 1.84 bits per heavy atom. The maximum atomic E-state index is 13.6. The van der Waals surface area contributed by atoms with Crippen LogP contribution >= 0.6 is 0 Å². The molecule has 127 valence electrons. The van der Waals surface area contributed by atoms with Gasteiger partial charge in [0.1, 0.15) is 5.82 Å². The van der Waals surface area contributed by atoms with E-state index < -0.39 is 5.91 Å². The molecule has 0 spiro atoms. The second-order valence-corrected chi connectivity index (χ2v) is 5.58. The predicted octanol–water partition coefficient (Wildman–Crippen LogP) is 3.08. The number of hydrogen-bond donors (Lipinski definition) is 1. The van der Waals surface area contributed by atoms with E-state index in [1.54, 1.807) is 36.8 Å². The first-order valence-corrected chi connectivity index (χ1v) is 7.90. The summed E-state index contributed by atoms with van der Waals surface area (Å²) < 4.78 is 18.8. The van der Waals surface area contributed by atoms with Crippen LogP contribution in [-0.4, -0.2) is 16.0 Å². The Kier molecular flexibility index (Phi) is 5.18. The molecule has 5 nitrogen and oxygen atoms in total. The Balaban J connectivity index is 1.58. The average Bonchev–Trinajstić information content (AvgIpc) is 3.05. The number of nitrogens with zero attached hydrogens (tertiary/aromatic N) is 2. The normalized spacial score (nSPS) is 10.8. The number of halogens is 1. The van der Waals surface area contributed by atoms with Crippen molar-refractivity contribution >= 4 is 5.91 Å². The third-order valence-electron chi connectivity index (χ3n) is 3.81. The summed E-state index contributed by atoms with van der Waals surface area (Å²) in [4.78, 5) is 15.6. The molecule has 3 aromatic rings. The molecule has 0 aliphatic heterocycles. The topological polar surface area (TPSA) is 82.0 Å². The zero-order valence-electron chi connectivity index (χ0n) is 13.5. The van der Waals surface area contributed by atoms with Crippen molar-refractivity contribution in [3.8, 4) is 0 Å². The number of hydrogen-bond acceptors (Lipinski definition) is 4. The lowest BCUT2D eigenvalue weighted by Gasteiger charge is -2.04. The van der Waals surface area contributed by atoms with Crippen molar-refractivity contribution in [2.45, 2.75) is 19.3 Å². The number of carbonyl (C=O) groups excluding carboxylic acids is 1. The van der Waals surface area contributed by atoms with Gasteiger partial charge in [0.25, 0.3) is 0 Å². The first kappa shape index (κ1) is 16.8. The number of nitrogens with two attached hydrogens (primary N) is 1. The van der Waals surface area contributed by atoms with Crippen LogP contribution in [0.4, 0.5) is 4.39 Å². The van der Waals surface area contributed by atoms with Crippen molar-refractivity contribution in [3.63, 3.8) is 0 Å². The molecule has 0 aliphatic carbocycles. The SMILES string of the molecule is NC(=O)c1ccccc1CC[CH]c1nc(Cc2ccccc2F)no1. The molecule has 0 bridgehead atoms. The molecule has 6 heteroatoms. The number of rotatable bonds is 7. The molecule has 25 heavy (non-hydrogen) atoms. The molecule has 1 heterocycles. The Labute approximate surface area is 144 Å². The lowest BCUT2D eigenvalue weighted by molar-refractivity contribution is 0.0999. The van der Waals surface area contributed by atoms with Crippen LogP contribution in [0.2, 0.25) is 0 Å². The fourth-order valence-electron chi connectivity index (χ4n) is 2.56. The smallest absolute Gasteiger partial charge is 0.248 e. The highest BCUT2D eigenvalue weighted by Crippen LogP contribution is 2.15. The van der Waals surface area contributed by atoms with E-state index in [-0.39, 0.29) is 12.2 Å². The Hall–Kier alpha value is -3.02. The van der Waals surface area contributed by atoms with Crippen molar-refractivity contribution in [1.29, 1.82) is 0 Å². The first-order valence-electron chi connectivity index (χ1n) is 7.90. The van der Waals surface area contributed by atoms with Gasteiger partial charge in [-0.15, -0.1) is 0 Å². The van der Waals surface area contributed by atoms with Crippen LogP contribution < -0.4 is 5.73 Å². The monoisotopic (exact) mass is 338 g/mol. The largest absolute Gasteiger partial charge is 0.366 e. The summed E-state index contributed by atoms with van der Waals surface area (Å²) in [5.74, 6) is 0.0678. The van der Waals surface area contributed by atoms with Gasteiger partial charge in [-0.1, -0.05) is 41.6 Å². The van der Waals surface area contributed by atoms with Crippen LogP contribution in [0.15, 0.2) is 53.1 Å². The molecular formula is C19H17FN3O2. The van der Waals surface area contributed by atoms with Gasteiger partial charge in [0.2, 0.25) is 11.8 Å². The number of aryl methyl sites for hydroxylation is 1. The van der Waals surface area contributed by atoms with Gasteiger partial charge >= 0.3 is 0 Å². The molecule has 0 unspecified atom stereocenters. The molecule has 0 saturated carbocycles. The second kappa shape index (κ2) is 7.70. The number of aromatic nitrogens is 2. The van der Waals surface area contributed by atoms with Gasteiger partial charge < -0.3 is 10.3 Å². The van der Waals surface area contributed by atoms with Gasteiger partial charge in [0, 0.05) is 12.0 Å². The molecule has 1 aromatic heterocycles. The van der Waals surface area contributed by atoms with Gasteiger partial charge in [-0.05, 0) is 36.1 Å². The first-order chi connectivity index (χ1) is 12.1. The maximum Gasteiger partial charge on any atom is 0.248 e. The highest BCUT2D eigenvalue weighted by Gasteiger charge is 2.11. The van der Waals surface area contributed by atoms with E-state index in [1.807, 2.05) is 12.1 Å². The average molecular weight is 338 g/mol. The maximum absolute atomic E-state index is 13.6. The molecule has 0 fully saturated rings. The molecular weight excluding hydrogens is 321 g/mol.